The normalized spacial score (nSPS) is 20.5. The van der Waals surface area contributed by atoms with E-state index in [9.17, 15) is 9.18 Å². The molecule has 1 aliphatic heterocycles. The van der Waals surface area contributed by atoms with Crippen molar-refractivity contribution >= 4 is 18.3 Å². The van der Waals surface area contributed by atoms with Gasteiger partial charge in [-0.05, 0) is 56.2 Å². The van der Waals surface area contributed by atoms with Gasteiger partial charge in [-0.1, -0.05) is 19.1 Å². The molecule has 1 aromatic carbocycles. The summed E-state index contributed by atoms with van der Waals surface area (Å²) in [6, 6.07) is 6.81. The van der Waals surface area contributed by atoms with Gasteiger partial charge in [-0.25, -0.2) is 4.39 Å². The van der Waals surface area contributed by atoms with Crippen molar-refractivity contribution in [1.82, 2.24) is 4.90 Å². The molecule has 3 atom stereocenters. The molecular weight excluding hydrogens is 315 g/mol. The number of nitrogens with zero attached hydrogens (tertiary/aromatic N) is 1. The van der Waals surface area contributed by atoms with Crippen LogP contribution in [0.1, 0.15) is 45.1 Å². The van der Waals surface area contributed by atoms with E-state index in [1.165, 1.54) is 6.07 Å². The van der Waals surface area contributed by atoms with Crippen molar-refractivity contribution < 1.29 is 9.18 Å². The Morgan fingerprint density at radius 2 is 2.13 bits per heavy atom. The molecule has 23 heavy (non-hydrogen) atoms. The van der Waals surface area contributed by atoms with Gasteiger partial charge in [0.1, 0.15) is 5.82 Å². The lowest BCUT2D eigenvalue weighted by Crippen LogP contribution is -2.52. The third-order valence-corrected chi connectivity index (χ3v) is 4.47. The van der Waals surface area contributed by atoms with Crippen LogP contribution >= 0.6 is 12.4 Å². The zero-order chi connectivity index (χ0) is 16.1. The molecule has 0 aromatic heterocycles. The average Bonchev–Trinajstić information content (AvgIpc) is 2.47. The van der Waals surface area contributed by atoms with Gasteiger partial charge in [-0.3, -0.25) is 4.79 Å². The molecule has 2 rings (SSSR count). The number of halogens is 2. The number of benzene rings is 1. The van der Waals surface area contributed by atoms with Crippen molar-refractivity contribution in [2.24, 2.45) is 11.7 Å². The van der Waals surface area contributed by atoms with Crippen molar-refractivity contribution in [2.45, 2.75) is 58.0 Å². The molecule has 1 fully saturated rings. The lowest BCUT2D eigenvalue weighted by Gasteiger charge is -2.38. The van der Waals surface area contributed by atoms with Crippen molar-refractivity contribution in [3.05, 3.63) is 35.6 Å². The number of amides is 1. The monoisotopic (exact) mass is 342 g/mol. The fraction of sp³-hybridized carbons (Fsp3) is 0.611. The maximum atomic E-state index is 13.2. The van der Waals surface area contributed by atoms with Crippen molar-refractivity contribution in [3.8, 4) is 0 Å². The topological polar surface area (TPSA) is 46.3 Å². The summed E-state index contributed by atoms with van der Waals surface area (Å²) in [4.78, 5) is 14.5. The van der Waals surface area contributed by atoms with E-state index in [2.05, 4.69) is 0 Å². The lowest BCUT2D eigenvalue weighted by atomic mass is 9.93. The first-order valence-electron chi connectivity index (χ1n) is 8.27. The highest BCUT2D eigenvalue weighted by Gasteiger charge is 2.29. The number of piperidine rings is 1. The fourth-order valence-corrected chi connectivity index (χ4v) is 3.37. The molecule has 1 amide bonds. The standard InChI is InChI=1S/C18H27FN2O.ClH/c1-13(10-15-6-5-7-16(19)12-15)11-18(22)21-9-4-3-8-17(21)14(2)20;/h5-7,12-14,17H,3-4,8-11,20H2,1-2H3;1H. The van der Waals surface area contributed by atoms with Crippen LogP contribution in [0.2, 0.25) is 0 Å². The van der Waals surface area contributed by atoms with E-state index in [1.807, 2.05) is 24.8 Å². The molecule has 1 saturated heterocycles. The third-order valence-electron chi connectivity index (χ3n) is 4.47. The Morgan fingerprint density at radius 1 is 1.39 bits per heavy atom. The number of rotatable bonds is 5. The van der Waals surface area contributed by atoms with Gasteiger partial charge in [0.25, 0.3) is 0 Å². The Bertz CT molecular complexity index is 510. The molecule has 5 heteroatoms. The first kappa shape index (κ1) is 19.9. The predicted octanol–water partition coefficient (Wildman–Crippen LogP) is 3.54. The van der Waals surface area contributed by atoms with Gasteiger partial charge in [-0.15, -0.1) is 12.4 Å². The molecule has 1 heterocycles. The Morgan fingerprint density at radius 3 is 2.78 bits per heavy atom. The smallest absolute Gasteiger partial charge is 0.223 e. The third kappa shape index (κ3) is 5.78. The number of carbonyl (C=O) groups excluding carboxylic acids is 1. The van der Waals surface area contributed by atoms with Gasteiger partial charge >= 0.3 is 0 Å². The Balaban J connectivity index is 0.00000264. The summed E-state index contributed by atoms with van der Waals surface area (Å²) in [7, 11) is 0. The molecule has 0 aliphatic carbocycles. The summed E-state index contributed by atoms with van der Waals surface area (Å²) < 4.78 is 13.2. The molecule has 1 aromatic rings. The van der Waals surface area contributed by atoms with E-state index in [0.717, 1.165) is 37.8 Å². The van der Waals surface area contributed by atoms with Crippen molar-refractivity contribution in [3.63, 3.8) is 0 Å². The van der Waals surface area contributed by atoms with Gasteiger partial charge < -0.3 is 10.6 Å². The summed E-state index contributed by atoms with van der Waals surface area (Å²) >= 11 is 0. The van der Waals surface area contributed by atoms with Gasteiger partial charge in [0.15, 0.2) is 0 Å². The molecule has 130 valence electrons. The van der Waals surface area contributed by atoms with Crippen molar-refractivity contribution in [2.75, 3.05) is 6.54 Å². The summed E-state index contributed by atoms with van der Waals surface area (Å²) in [5.74, 6) is 0.167. The highest BCUT2D eigenvalue weighted by molar-refractivity contribution is 5.85. The number of likely N-dealkylation sites (tertiary alicyclic amines) is 1. The molecular formula is C18H28ClFN2O. The van der Waals surface area contributed by atoms with E-state index in [-0.39, 0.29) is 42.1 Å². The van der Waals surface area contributed by atoms with E-state index < -0.39 is 0 Å². The molecule has 0 radical (unpaired) electrons. The molecule has 3 unspecified atom stereocenters. The summed E-state index contributed by atoms with van der Waals surface area (Å²) in [6.45, 7) is 4.85. The minimum Gasteiger partial charge on any atom is -0.338 e. The quantitative estimate of drug-likeness (QED) is 0.889. The van der Waals surface area contributed by atoms with Gasteiger partial charge in [-0.2, -0.15) is 0 Å². The molecule has 0 bridgehead atoms. The van der Waals surface area contributed by atoms with Crippen LogP contribution < -0.4 is 5.73 Å². The second kappa shape index (κ2) is 9.24. The average molecular weight is 343 g/mol. The summed E-state index contributed by atoms with van der Waals surface area (Å²) in [6.07, 6.45) is 4.43. The molecule has 0 spiro atoms. The van der Waals surface area contributed by atoms with Crippen molar-refractivity contribution in [1.29, 1.82) is 0 Å². The zero-order valence-electron chi connectivity index (χ0n) is 14.0. The molecule has 2 N–H and O–H groups in total. The Hall–Kier alpha value is -1.13. The van der Waals surface area contributed by atoms with Gasteiger partial charge in [0.2, 0.25) is 5.91 Å². The number of nitrogens with two attached hydrogens (primary N) is 1. The first-order valence-corrected chi connectivity index (χ1v) is 8.27. The fourth-order valence-electron chi connectivity index (χ4n) is 3.37. The largest absolute Gasteiger partial charge is 0.338 e. The van der Waals surface area contributed by atoms with E-state index >= 15 is 0 Å². The van der Waals surface area contributed by atoms with Crippen LogP contribution in [0.3, 0.4) is 0 Å². The summed E-state index contributed by atoms with van der Waals surface area (Å²) in [5.41, 5.74) is 6.98. The van der Waals surface area contributed by atoms with Gasteiger partial charge in [0.05, 0.1) is 0 Å². The van der Waals surface area contributed by atoms with Crippen LogP contribution in [0.5, 0.6) is 0 Å². The Labute approximate surface area is 144 Å². The predicted molar refractivity (Wildman–Crippen MR) is 94.1 cm³/mol. The number of hydrogen-bond donors (Lipinski definition) is 1. The highest BCUT2D eigenvalue weighted by atomic mass is 35.5. The first-order chi connectivity index (χ1) is 10.5. The zero-order valence-corrected chi connectivity index (χ0v) is 14.8. The molecule has 0 saturated carbocycles. The minimum atomic E-state index is -0.218. The van der Waals surface area contributed by atoms with Crippen LogP contribution in [0, 0.1) is 11.7 Å². The SMILES string of the molecule is CC(CC(=O)N1CCCCC1C(C)N)Cc1cccc(F)c1.Cl. The van der Waals surface area contributed by atoms with Crippen LogP contribution in [0.15, 0.2) is 24.3 Å². The highest BCUT2D eigenvalue weighted by Crippen LogP contribution is 2.22. The van der Waals surface area contributed by atoms with Crippen LogP contribution in [0.4, 0.5) is 4.39 Å². The second-order valence-electron chi connectivity index (χ2n) is 6.65. The second-order valence-corrected chi connectivity index (χ2v) is 6.65. The van der Waals surface area contributed by atoms with Crippen LogP contribution in [0.25, 0.3) is 0 Å². The maximum Gasteiger partial charge on any atom is 0.223 e. The van der Waals surface area contributed by atoms with E-state index in [4.69, 9.17) is 5.73 Å². The molecule has 1 aliphatic rings. The van der Waals surface area contributed by atoms with Gasteiger partial charge in [0, 0.05) is 25.0 Å². The van der Waals surface area contributed by atoms with E-state index in [0.29, 0.717) is 6.42 Å². The van der Waals surface area contributed by atoms with Crippen LogP contribution in [-0.2, 0) is 11.2 Å². The number of carbonyl (C=O) groups is 1. The Kier molecular flexibility index (Phi) is 8.00. The summed E-state index contributed by atoms with van der Waals surface area (Å²) in [5, 5.41) is 0. The van der Waals surface area contributed by atoms with Crippen LogP contribution in [-0.4, -0.2) is 29.4 Å². The maximum absolute atomic E-state index is 13.2. The molecule has 3 nitrogen and oxygen atoms in total. The number of hydrogen-bond acceptors (Lipinski definition) is 2. The minimum absolute atomic E-state index is 0. The van der Waals surface area contributed by atoms with E-state index in [1.54, 1.807) is 12.1 Å². The lowest BCUT2D eigenvalue weighted by molar-refractivity contribution is -0.136.